The van der Waals surface area contributed by atoms with Gasteiger partial charge in [-0.05, 0) is 83.5 Å². The van der Waals surface area contributed by atoms with Crippen molar-refractivity contribution in [2.24, 2.45) is 0 Å². The third-order valence-corrected chi connectivity index (χ3v) is 12.3. The lowest BCUT2D eigenvalue weighted by molar-refractivity contribution is -0.166. The van der Waals surface area contributed by atoms with Crippen LogP contribution in [0.1, 0.15) is 271 Å². The molecular weight excluding hydrogens is 865 g/mol. The highest BCUT2D eigenvalue weighted by Gasteiger charge is 2.19. The van der Waals surface area contributed by atoms with Gasteiger partial charge in [0.05, 0.1) is 0 Å². The summed E-state index contributed by atoms with van der Waals surface area (Å²) in [7, 11) is 0. The Morgan fingerprint density at radius 2 is 0.586 bits per heavy atom. The van der Waals surface area contributed by atoms with Gasteiger partial charge in [-0.1, -0.05) is 266 Å². The first-order chi connectivity index (χ1) is 34.5. The lowest BCUT2D eigenvalue weighted by atomic mass is 10.0. The molecule has 1 unspecified atom stereocenters. The Balaban J connectivity index is 4.38. The molecule has 0 fully saturated rings. The van der Waals surface area contributed by atoms with E-state index in [1.165, 1.54) is 135 Å². The molecular formula is C64H108O6. The predicted molar refractivity (Wildman–Crippen MR) is 302 cm³/mol. The first kappa shape index (κ1) is 66.3. The molecule has 0 heterocycles. The molecule has 0 aliphatic carbocycles. The molecule has 0 aromatic heterocycles. The maximum Gasteiger partial charge on any atom is 0.306 e. The largest absolute Gasteiger partial charge is 0.462 e. The second-order valence-corrected chi connectivity index (χ2v) is 19.1. The smallest absolute Gasteiger partial charge is 0.306 e. The highest BCUT2D eigenvalue weighted by Crippen LogP contribution is 2.16. The van der Waals surface area contributed by atoms with Crippen LogP contribution in [0.3, 0.4) is 0 Å². The van der Waals surface area contributed by atoms with Crippen LogP contribution in [0.5, 0.6) is 0 Å². The third kappa shape index (κ3) is 55.3. The SMILES string of the molecule is CC/C=C\C/C=C\C/C=C\C/C=C\CCCCCCCCCCCCC(=O)OCC(COC(=O)CC/C=C\C/C=C\C/C=C\C/C=C\CC)OC(=O)CCCCCCCCCCCCCCCCCC. The fourth-order valence-corrected chi connectivity index (χ4v) is 8.04. The van der Waals surface area contributed by atoms with Gasteiger partial charge < -0.3 is 14.2 Å². The Hall–Kier alpha value is -3.67. The van der Waals surface area contributed by atoms with E-state index >= 15 is 0 Å². The van der Waals surface area contributed by atoms with Crippen molar-refractivity contribution in [1.82, 2.24) is 0 Å². The summed E-state index contributed by atoms with van der Waals surface area (Å²) in [6, 6.07) is 0. The minimum atomic E-state index is -0.807. The van der Waals surface area contributed by atoms with Crippen LogP contribution in [-0.4, -0.2) is 37.2 Å². The molecule has 0 amide bonds. The number of unbranched alkanes of at least 4 members (excludes halogenated alkanes) is 25. The Kier molecular flexibility index (Phi) is 54.9. The number of ether oxygens (including phenoxy) is 3. The van der Waals surface area contributed by atoms with E-state index in [0.717, 1.165) is 89.9 Å². The summed E-state index contributed by atoms with van der Waals surface area (Å²) in [5.41, 5.74) is 0. The standard InChI is InChI=1S/C64H108O6/c1-4-7-10-13-16-19-22-25-27-29-30-31-32-33-34-35-37-39-42-45-48-51-54-57-63(66)69-60-61(59-68-62(65)56-53-50-47-44-41-38-24-21-18-15-12-9-6-3)70-64(67)58-55-52-49-46-43-40-36-28-26-23-20-17-14-11-8-5-2/h7,9-10,12,16,18-19,21,25,27,30-31,38,41,47,50,61H,4-6,8,11,13-15,17,20,22-24,26,28-29,32-37,39-40,42-46,48-49,51-60H2,1-3H3/b10-7-,12-9-,19-16-,21-18-,27-25-,31-30-,41-38-,50-47-. The highest BCUT2D eigenvalue weighted by atomic mass is 16.6. The molecule has 0 rings (SSSR count). The monoisotopic (exact) mass is 973 g/mol. The van der Waals surface area contributed by atoms with Crippen molar-refractivity contribution in [3.8, 4) is 0 Å². The van der Waals surface area contributed by atoms with Crippen molar-refractivity contribution >= 4 is 17.9 Å². The van der Waals surface area contributed by atoms with Crippen LogP contribution >= 0.6 is 0 Å². The van der Waals surface area contributed by atoms with E-state index in [1.54, 1.807) is 0 Å². The molecule has 1 atom stereocenters. The van der Waals surface area contributed by atoms with Gasteiger partial charge >= 0.3 is 17.9 Å². The second-order valence-electron chi connectivity index (χ2n) is 19.1. The molecule has 0 aliphatic heterocycles. The topological polar surface area (TPSA) is 78.9 Å². The summed E-state index contributed by atoms with van der Waals surface area (Å²) < 4.78 is 16.8. The molecule has 0 saturated carbocycles. The van der Waals surface area contributed by atoms with Crippen LogP contribution < -0.4 is 0 Å². The lowest BCUT2D eigenvalue weighted by Crippen LogP contribution is -2.30. The molecule has 0 saturated heterocycles. The van der Waals surface area contributed by atoms with E-state index in [1.807, 2.05) is 6.08 Å². The number of allylic oxidation sites excluding steroid dienone is 16. The lowest BCUT2D eigenvalue weighted by Gasteiger charge is -2.18. The average Bonchev–Trinajstić information content (AvgIpc) is 3.36. The van der Waals surface area contributed by atoms with E-state index in [9.17, 15) is 14.4 Å². The van der Waals surface area contributed by atoms with Crippen LogP contribution in [0.15, 0.2) is 97.2 Å². The van der Waals surface area contributed by atoms with Gasteiger partial charge in [0.15, 0.2) is 6.10 Å². The van der Waals surface area contributed by atoms with Gasteiger partial charge in [0.25, 0.3) is 0 Å². The van der Waals surface area contributed by atoms with Crippen LogP contribution in [0.2, 0.25) is 0 Å². The maximum atomic E-state index is 12.9. The fraction of sp³-hybridized carbons (Fsp3) is 0.703. The van der Waals surface area contributed by atoms with E-state index in [4.69, 9.17) is 14.2 Å². The van der Waals surface area contributed by atoms with Crippen LogP contribution in [0.25, 0.3) is 0 Å². The van der Waals surface area contributed by atoms with Crippen LogP contribution in [0.4, 0.5) is 0 Å². The van der Waals surface area contributed by atoms with Crippen LogP contribution in [-0.2, 0) is 28.6 Å². The number of rotatable bonds is 52. The molecule has 400 valence electrons. The number of carbonyl (C=O) groups is 3. The molecule has 0 spiro atoms. The number of hydrogen-bond donors (Lipinski definition) is 0. The summed E-state index contributed by atoms with van der Waals surface area (Å²) in [4.78, 5) is 38.1. The van der Waals surface area contributed by atoms with Gasteiger partial charge in [-0.3, -0.25) is 14.4 Å². The molecule has 0 N–H and O–H groups in total. The molecule has 0 radical (unpaired) electrons. The third-order valence-electron chi connectivity index (χ3n) is 12.3. The van der Waals surface area contributed by atoms with E-state index in [2.05, 4.69) is 112 Å². The number of esters is 3. The number of carbonyl (C=O) groups excluding carboxylic acids is 3. The van der Waals surface area contributed by atoms with Gasteiger partial charge in [0.1, 0.15) is 13.2 Å². The molecule has 6 nitrogen and oxygen atoms in total. The Morgan fingerprint density at radius 3 is 0.957 bits per heavy atom. The van der Waals surface area contributed by atoms with E-state index in [0.29, 0.717) is 19.3 Å². The van der Waals surface area contributed by atoms with E-state index < -0.39 is 6.10 Å². The maximum absolute atomic E-state index is 12.9. The van der Waals surface area contributed by atoms with Crippen molar-refractivity contribution in [3.63, 3.8) is 0 Å². The normalized spacial score (nSPS) is 12.8. The molecule has 0 aromatic carbocycles. The summed E-state index contributed by atoms with van der Waals surface area (Å²) in [5.74, 6) is -0.982. The molecule has 70 heavy (non-hydrogen) atoms. The van der Waals surface area contributed by atoms with Crippen molar-refractivity contribution in [2.75, 3.05) is 13.2 Å². The van der Waals surface area contributed by atoms with Crippen LogP contribution in [0, 0.1) is 0 Å². The zero-order valence-electron chi connectivity index (χ0n) is 45.8. The second kappa shape index (κ2) is 57.9. The van der Waals surface area contributed by atoms with Gasteiger partial charge in [0.2, 0.25) is 0 Å². The molecule has 0 aliphatic rings. The van der Waals surface area contributed by atoms with Gasteiger partial charge in [-0.2, -0.15) is 0 Å². The minimum absolute atomic E-state index is 0.100. The zero-order valence-corrected chi connectivity index (χ0v) is 45.8. The first-order valence-corrected chi connectivity index (χ1v) is 29.2. The minimum Gasteiger partial charge on any atom is -0.462 e. The zero-order chi connectivity index (χ0) is 50.7. The van der Waals surface area contributed by atoms with Gasteiger partial charge in [0, 0.05) is 19.3 Å². The predicted octanol–water partition coefficient (Wildman–Crippen LogP) is 19.7. The van der Waals surface area contributed by atoms with Crippen molar-refractivity contribution in [1.29, 1.82) is 0 Å². The summed E-state index contributed by atoms with van der Waals surface area (Å²) in [5, 5.41) is 0. The fourth-order valence-electron chi connectivity index (χ4n) is 8.04. The van der Waals surface area contributed by atoms with Crippen molar-refractivity contribution in [3.05, 3.63) is 97.2 Å². The highest BCUT2D eigenvalue weighted by molar-refractivity contribution is 5.71. The van der Waals surface area contributed by atoms with Crippen molar-refractivity contribution in [2.45, 2.75) is 277 Å². The Labute approximate surface area is 432 Å². The first-order valence-electron chi connectivity index (χ1n) is 29.2. The Morgan fingerprint density at radius 1 is 0.300 bits per heavy atom. The van der Waals surface area contributed by atoms with Gasteiger partial charge in [-0.15, -0.1) is 0 Å². The Bertz CT molecular complexity index is 1400. The summed E-state index contributed by atoms with van der Waals surface area (Å²) >= 11 is 0. The quantitative estimate of drug-likeness (QED) is 0.0262. The summed E-state index contributed by atoms with van der Waals surface area (Å²) in [6.45, 7) is 6.36. The van der Waals surface area contributed by atoms with Gasteiger partial charge in [-0.25, -0.2) is 0 Å². The summed E-state index contributed by atoms with van der Waals surface area (Å²) in [6.07, 6.45) is 77.0. The average molecular weight is 974 g/mol. The van der Waals surface area contributed by atoms with Crippen molar-refractivity contribution < 1.29 is 28.6 Å². The number of hydrogen-bond acceptors (Lipinski definition) is 6. The van der Waals surface area contributed by atoms with E-state index in [-0.39, 0.29) is 37.5 Å². The molecule has 0 bridgehead atoms. The molecule has 6 heteroatoms. The molecule has 0 aromatic rings.